The fourth-order valence-corrected chi connectivity index (χ4v) is 8.22. The van der Waals surface area contributed by atoms with Crippen molar-refractivity contribution in [3.63, 3.8) is 0 Å². The van der Waals surface area contributed by atoms with Gasteiger partial charge in [0.15, 0.2) is 0 Å². The lowest BCUT2D eigenvalue weighted by atomic mass is 9.62. The zero-order chi connectivity index (χ0) is 33.8. The minimum absolute atomic E-state index is 0.179. The lowest BCUT2D eigenvalue weighted by Gasteiger charge is -2.42. The molecule has 2 aliphatic carbocycles. The van der Waals surface area contributed by atoms with E-state index in [1.165, 1.54) is 6.92 Å². The Morgan fingerprint density at radius 1 is 0.891 bits per heavy atom. The van der Waals surface area contributed by atoms with Gasteiger partial charge in [-0.25, -0.2) is 4.79 Å². The fourth-order valence-electron chi connectivity index (χ4n) is 8.22. The lowest BCUT2D eigenvalue weighted by Crippen LogP contribution is -2.51. The molecule has 3 heterocycles. The number of ether oxygens (including phenoxy) is 4. The highest BCUT2D eigenvalue weighted by molar-refractivity contribution is 5.95. The Hall–Kier alpha value is -3.26. The third-order valence-electron chi connectivity index (χ3n) is 10.8. The van der Waals surface area contributed by atoms with Gasteiger partial charge in [-0.3, -0.25) is 4.79 Å². The van der Waals surface area contributed by atoms with Crippen molar-refractivity contribution in [3.8, 4) is 0 Å². The number of aliphatic hydroxyl groups is 1. The van der Waals surface area contributed by atoms with Gasteiger partial charge in [-0.1, -0.05) is 75.8 Å². The van der Waals surface area contributed by atoms with Crippen molar-refractivity contribution < 1.29 is 33.6 Å². The normalized spacial score (nSPS) is 39.2. The minimum atomic E-state index is -0.500. The number of carbonyl (C=O) groups is 2. The molecule has 0 radical (unpaired) electrons. The Kier molecular flexibility index (Phi) is 8.72. The molecule has 4 fully saturated rings. The van der Waals surface area contributed by atoms with E-state index in [0.29, 0.717) is 24.2 Å². The summed E-state index contributed by atoms with van der Waals surface area (Å²) in [4.78, 5) is 24.2. The maximum absolute atomic E-state index is 12.6. The van der Waals surface area contributed by atoms with E-state index in [1.807, 2.05) is 69.4 Å². The molecule has 46 heavy (non-hydrogen) atoms. The van der Waals surface area contributed by atoms with E-state index in [2.05, 4.69) is 46.8 Å². The summed E-state index contributed by atoms with van der Waals surface area (Å²) in [5.41, 5.74) is 0.300. The maximum atomic E-state index is 12.6. The Morgan fingerprint density at radius 3 is 2.20 bits per heavy atom. The summed E-state index contributed by atoms with van der Waals surface area (Å²) in [5, 5.41) is 10.3. The summed E-state index contributed by atoms with van der Waals surface area (Å²) in [5.74, 6) is -0.138. The lowest BCUT2D eigenvalue weighted by molar-refractivity contribution is -0.156. The molecular formula is C39H50O7. The van der Waals surface area contributed by atoms with Crippen LogP contribution in [-0.4, -0.2) is 51.7 Å². The van der Waals surface area contributed by atoms with E-state index in [0.717, 1.165) is 24.0 Å². The third-order valence-corrected chi connectivity index (χ3v) is 10.8. The zero-order valence-corrected chi connectivity index (χ0v) is 28.8. The number of epoxide rings is 2. The van der Waals surface area contributed by atoms with Crippen molar-refractivity contribution in [2.75, 3.05) is 0 Å². The number of hydrogen-bond donors (Lipinski definition) is 1. The van der Waals surface area contributed by atoms with Crippen LogP contribution in [0.4, 0.5) is 0 Å². The second-order valence-corrected chi connectivity index (χ2v) is 15.2. The quantitative estimate of drug-likeness (QED) is 0.160. The monoisotopic (exact) mass is 630 g/mol. The first-order valence-corrected chi connectivity index (χ1v) is 16.4. The third kappa shape index (κ3) is 5.98. The molecule has 2 saturated heterocycles. The number of cyclic esters (lactones) is 1. The average Bonchev–Trinajstić information content (AvgIpc) is 3.72. The van der Waals surface area contributed by atoms with Crippen LogP contribution in [0.2, 0.25) is 0 Å². The molecule has 7 heteroatoms. The smallest absolute Gasteiger partial charge is 0.343 e. The van der Waals surface area contributed by atoms with Crippen LogP contribution >= 0.6 is 0 Å². The van der Waals surface area contributed by atoms with Crippen LogP contribution in [-0.2, 0) is 28.5 Å². The maximum Gasteiger partial charge on any atom is 0.343 e. The molecule has 6 atom stereocenters. The summed E-state index contributed by atoms with van der Waals surface area (Å²) in [6.07, 6.45) is 25.8. The number of rotatable bonds is 9. The van der Waals surface area contributed by atoms with Gasteiger partial charge in [-0.05, 0) is 82.9 Å². The Morgan fingerprint density at radius 2 is 1.54 bits per heavy atom. The number of fused-ring (bicyclic) bond motifs is 2. The summed E-state index contributed by atoms with van der Waals surface area (Å²) in [6.45, 7) is 18.1. The molecule has 0 aromatic heterocycles. The number of hydrogen-bond acceptors (Lipinski definition) is 7. The topological polar surface area (TPSA) is 97.9 Å². The second kappa shape index (κ2) is 11.8. The van der Waals surface area contributed by atoms with Gasteiger partial charge < -0.3 is 24.1 Å². The van der Waals surface area contributed by atoms with Crippen LogP contribution in [0.3, 0.4) is 0 Å². The van der Waals surface area contributed by atoms with Gasteiger partial charge in [-0.2, -0.15) is 0 Å². The van der Waals surface area contributed by atoms with Gasteiger partial charge in [-0.15, -0.1) is 0 Å². The summed E-state index contributed by atoms with van der Waals surface area (Å²) < 4.78 is 23.7. The van der Waals surface area contributed by atoms with Crippen LogP contribution in [0.1, 0.15) is 88.0 Å². The molecule has 5 aliphatic rings. The van der Waals surface area contributed by atoms with Gasteiger partial charge in [0.2, 0.25) is 0 Å². The number of allylic oxidation sites excluding steroid dienone is 11. The highest BCUT2D eigenvalue weighted by atomic mass is 16.6. The molecule has 0 aromatic carbocycles. The molecule has 0 spiro atoms. The molecule has 0 amide bonds. The molecule has 7 nitrogen and oxygen atoms in total. The molecule has 3 aliphatic heterocycles. The largest absolute Gasteiger partial charge is 0.462 e. The minimum Gasteiger partial charge on any atom is -0.462 e. The fraction of sp³-hybridized carbons (Fsp3) is 0.538. The molecular weight excluding hydrogens is 580 g/mol. The van der Waals surface area contributed by atoms with E-state index in [4.69, 9.17) is 18.9 Å². The average molecular weight is 631 g/mol. The van der Waals surface area contributed by atoms with E-state index in [1.54, 1.807) is 12.2 Å². The van der Waals surface area contributed by atoms with E-state index >= 15 is 0 Å². The highest BCUT2D eigenvalue weighted by Crippen LogP contribution is 2.67. The van der Waals surface area contributed by atoms with Gasteiger partial charge >= 0.3 is 11.9 Å². The zero-order valence-electron chi connectivity index (χ0n) is 28.8. The standard InChI is InChI=1S/C39H50O7/c1-26(16-20-39-35(6,7)32(43-28(3)40)18-19-36(39,8)45-39)14-12-10-11-13-15-27(2)22-31-23-29(33(42)44-31)17-21-38-34(4,5)24-30(41)25-37(38,9)46-38/h10-17,20-23,30,32,41H,18-19,24-25H2,1-9H3/b12-10+,13-11+,20-16+,21-17+,26-14+,27-15+,31-22+. The van der Waals surface area contributed by atoms with Gasteiger partial charge in [0.1, 0.15) is 34.3 Å². The Bertz CT molecular complexity index is 1530. The highest BCUT2D eigenvalue weighted by Gasteiger charge is 2.76. The van der Waals surface area contributed by atoms with Gasteiger partial charge in [0.05, 0.1) is 11.7 Å². The van der Waals surface area contributed by atoms with Crippen molar-refractivity contribution in [1.82, 2.24) is 0 Å². The van der Waals surface area contributed by atoms with Gasteiger partial charge in [0, 0.05) is 24.2 Å². The van der Waals surface area contributed by atoms with E-state index in [9.17, 15) is 14.7 Å². The Labute approximate surface area is 274 Å². The molecule has 6 unspecified atom stereocenters. The Balaban J connectivity index is 1.16. The van der Waals surface area contributed by atoms with Crippen molar-refractivity contribution in [2.24, 2.45) is 10.8 Å². The first-order valence-electron chi connectivity index (χ1n) is 16.4. The number of esters is 2. The van der Waals surface area contributed by atoms with Crippen LogP contribution in [0.5, 0.6) is 0 Å². The first kappa shape index (κ1) is 34.1. The predicted molar refractivity (Wildman–Crippen MR) is 178 cm³/mol. The number of aliphatic hydroxyl groups excluding tert-OH is 1. The second-order valence-electron chi connectivity index (χ2n) is 15.2. The van der Waals surface area contributed by atoms with E-state index < -0.39 is 16.8 Å². The van der Waals surface area contributed by atoms with Crippen molar-refractivity contribution in [2.45, 2.75) is 123 Å². The summed E-state index contributed by atoms with van der Waals surface area (Å²) in [6, 6.07) is 0. The molecule has 0 aromatic rings. The first-order chi connectivity index (χ1) is 21.4. The molecule has 248 valence electrons. The van der Waals surface area contributed by atoms with Crippen LogP contribution in [0.15, 0.2) is 95.4 Å². The molecule has 0 bridgehead atoms. The molecule has 2 saturated carbocycles. The number of carbonyl (C=O) groups excluding carboxylic acids is 2. The van der Waals surface area contributed by atoms with Crippen molar-refractivity contribution in [1.29, 1.82) is 0 Å². The van der Waals surface area contributed by atoms with Gasteiger partial charge in [0.25, 0.3) is 0 Å². The molecule has 5 rings (SSSR count). The van der Waals surface area contributed by atoms with Crippen LogP contribution < -0.4 is 0 Å². The van der Waals surface area contributed by atoms with Crippen LogP contribution in [0, 0.1) is 10.8 Å². The molecule has 1 N–H and O–H groups in total. The summed E-state index contributed by atoms with van der Waals surface area (Å²) in [7, 11) is 0. The SMILES string of the molecule is CC(=O)OC1CCC2(C)OC2(/C=C/C(C)=C/C=C/C=C/C=C(C)/C=C2C=C(/C=C/C34OC3(C)CC(O)CC4(C)C)C(=O)O\2)C1(C)C. The van der Waals surface area contributed by atoms with Crippen molar-refractivity contribution in [3.05, 3.63) is 95.4 Å². The van der Waals surface area contributed by atoms with Crippen molar-refractivity contribution >= 4 is 11.9 Å². The predicted octanol–water partition coefficient (Wildman–Crippen LogP) is 7.46. The van der Waals surface area contributed by atoms with E-state index in [-0.39, 0.29) is 40.6 Å². The van der Waals surface area contributed by atoms with Crippen LogP contribution in [0.25, 0.3) is 0 Å². The summed E-state index contributed by atoms with van der Waals surface area (Å²) >= 11 is 0.